The van der Waals surface area contributed by atoms with Crippen molar-refractivity contribution >= 4 is 21.6 Å². The van der Waals surface area contributed by atoms with Gasteiger partial charge in [0.2, 0.25) is 0 Å². The monoisotopic (exact) mass is 239 g/mol. The van der Waals surface area contributed by atoms with Crippen molar-refractivity contribution < 1.29 is 0 Å². The minimum atomic E-state index is 0.716. The number of nitrogens with one attached hydrogen (secondary N) is 1. The Hall–Kier alpha value is -0.500. The molecule has 0 amide bonds. The number of rotatable bonds is 2. The van der Waals surface area contributed by atoms with Crippen LogP contribution in [-0.4, -0.2) is 6.04 Å². The fourth-order valence-corrected chi connectivity index (χ4v) is 1.90. The molecule has 1 aliphatic carbocycles. The number of benzene rings is 1. The summed E-state index contributed by atoms with van der Waals surface area (Å²) in [6.07, 6.45) is 4.03. The second kappa shape index (κ2) is 3.70. The summed E-state index contributed by atoms with van der Waals surface area (Å²) in [5, 5.41) is 3.56. The predicted octanol–water partition coefficient (Wildman–Crippen LogP) is 3.72. The first kappa shape index (κ1) is 9.07. The molecule has 1 aromatic rings. The summed E-state index contributed by atoms with van der Waals surface area (Å²) in [5.41, 5.74) is 2.59. The molecule has 70 valence electrons. The van der Waals surface area contributed by atoms with Crippen molar-refractivity contribution in [2.45, 2.75) is 32.2 Å². The zero-order valence-corrected chi connectivity index (χ0v) is 9.39. The van der Waals surface area contributed by atoms with Gasteiger partial charge in [0, 0.05) is 16.2 Å². The van der Waals surface area contributed by atoms with E-state index < -0.39 is 0 Å². The van der Waals surface area contributed by atoms with Gasteiger partial charge in [0.05, 0.1) is 0 Å². The molecule has 1 N–H and O–H groups in total. The van der Waals surface area contributed by atoms with Crippen molar-refractivity contribution in [3.8, 4) is 0 Å². The molecule has 0 atom stereocenters. The largest absolute Gasteiger partial charge is 0.382 e. The SMILES string of the molecule is Cc1c(Br)cccc1NC1CCC1. The molecule has 0 heterocycles. The average Bonchev–Trinajstić information content (AvgIpc) is 2.04. The Balaban J connectivity index is 2.14. The molecule has 1 saturated carbocycles. The highest BCUT2D eigenvalue weighted by Gasteiger charge is 2.17. The highest BCUT2D eigenvalue weighted by Crippen LogP contribution is 2.28. The van der Waals surface area contributed by atoms with Gasteiger partial charge in [-0.3, -0.25) is 0 Å². The minimum Gasteiger partial charge on any atom is -0.382 e. The molecule has 0 bridgehead atoms. The van der Waals surface area contributed by atoms with Crippen molar-refractivity contribution in [2.75, 3.05) is 5.32 Å². The molecule has 0 aromatic heterocycles. The zero-order chi connectivity index (χ0) is 9.26. The van der Waals surface area contributed by atoms with Crippen LogP contribution in [0.4, 0.5) is 5.69 Å². The highest BCUT2D eigenvalue weighted by molar-refractivity contribution is 9.10. The van der Waals surface area contributed by atoms with Gasteiger partial charge >= 0.3 is 0 Å². The third-order valence-electron chi connectivity index (χ3n) is 2.73. The maximum absolute atomic E-state index is 3.56. The van der Waals surface area contributed by atoms with E-state index in [1.54, 1.807) is 0 Å². The van der Waals surface area contributed by atoms with E-state index in [1.807, 2.05) is 0 Å². The van der Waals surface area contributed by atoms with E-state index in [9.17, 15) is 0 Å². The third kappa shape index (κ3) is 1.88. The van der Waals surface area contributed by atoms with Crippen molar-refractivity contribution in [1.82, 2.24) is 0 Å². The summed E-state index contributed by atoms with van der Waals surface area (Å²) >= 11 is 3.54. The zero-order valence-electron chi connectivity index (χ0n) is 7.81. The first-order valence-corrected chi connectivity index (χ1v) is 5.58. The van der Waals surface area contributed by atoms with E-state index in [-0.39, 0.29) is 0 Å². The maximum atomic E-state index is 3.56. The molecule has 0 unspecified atom stereocenters. The molecule has 0 saturated heterocycles. The second-order valence-corrected chi connectivity index (χ2v) is 4.54. The topological polar surface area (TPSA) is 12.0 Å². The normalized spacial score (nSPS) is 16.8. The van der Waals surface area contributed by atoms with Gasteiger partial charge in [0.25, 0.3) is 0 Å². The van der Waals surface area contributed by atoms with E-state index in [2.05, 4.69) is 46.4 Å². The van der Waals surface area contributed by atoms with Gasteiger partial charge in [-0.15, -0.1) is 0 Å². The Morgan fingerprint density at radius 3 is 2.77 bits per heavy atom. The van der Waals surface area contributed by atoms with Gasteiger partial charge in [0.1, 0.15) is 0 Å². The molecular weight excluding hydrogens is 226 g/mol. The smallest absolute Gasteiger partial charge is 0.0383 e. The summed E-state index contributed by atoms with van der Waals surface area (Å²) in [6.45, 7) is 2.14. The van der Waals surface area contributed by atoms with Crippen molar-refractivity contribution in [3.05, 3.63) is 28.2 Å². The molecule has 2 heteroatoms. The van der Waals surface area contributed by atoms with Crippen LogP contribution < -0.4 is 5.32 Å². The molecule has 0 aliphatic heterocycles. The molecule has 13 heavy (non-hydrogen) atoms. The van der Waals surface area contributed by atoms with Crippen LogP contribution in [0.3, 0.4) is 0 Å². The lowest BCUT2D eigenvalue weighted by Crippen LogP contribution is -2.27. The van der Waals surface area contributed by atoms with Crippen LogP contribution in [-0.2, 0) is 0 Å². The quantitative estimate of drug-likeness (QED) is 0.830. The van der Waals surface area contributed by atoms with E-state index in [0.29, 0.717) is 6.04 Å². The van der Waals surface area contributed by atoms with E-state index in [0.717, 1.165) is 0 Å². The Bertz CT molecular complexity index is 305. The first-order valence-electron chi connectivity index (χ1n) is 4.79. The van der Waals surface area contributed by atoms with Crippen LogP contribution in [0.1, 0.15) is 24.8 Å². The Kier molecular flexibility index (Phi) is 2.58. The summed E-state index contributed by atoms with van der Waals surface area (Å²) in [5.74, 6) is 0. The van der Waals surface area contributed by atoms with Gasteiger partial charge in [-0.05, 0) is 43.9 Å². The van der Waals surface area contributed by atoms with Gasteiger partial charge in [0.15, 0.2) is 0 Å². The van der Waals surface area contributed by atoms with Crippen LogP contribution in [0, 0.1) is 6.92 Å². The van der Waals surface area contributed by atoms with Crippen molar-refractivity contribution in [3.63, 3.8) is 0 Å². The van der Waals surface area contributed by atoms with Gasteiger partial charge in [-0.1, -0.05) is 22.0 Å². The Morgan fingerprint density at radius 2 is 2.15 bits per heavy atom. The molecule has 2 rings (SSSR count). The molecule has 1 aliphatic rings. The average molecular weight is 240 g/mol. The maximum Gasteiger partial charge on any atom is 0.0383 e. The standard InChI is InChI=1S/C11H14BrN/c1-8-10(12)6-3-7-11(8)13-9-4-2-5-9/h3,6-7,9,13H,2,4-5H2,1H3. The second-order valence-electron chi connectivity index (χ2n) is 3.68. The molecule has 1 fully saturated rings. The van der Waals surface area contributed by atoms with Gasteiger partial charge < -0.3 is 5.32 Å². The van der Waals surface area contributed by atoms with Crippen LogP contribution in [0.2, 0.25) is 0 Å². The molecular formula is C11H14BrN. The summed E-state index contributed by atoms with van der Waals surface area (Å²) in [7, 11) is 0. The highest BCUT2D eigenvalue weighted by atomic mass is 79.9. The molecule has 0 spiro atoms. The van der Waals surface area contributed by atoms with Crippen LogP contribution in [0.25, 0.3) is 0 Å². The third-order valence-corrected chi connectivity index (χ3v) is 3.59. The predicted molar refractivity (Wildman–Crippen MR) is 60.1 cm³/mol. The molecule has 1 aromatic carbocycles. The molecule has 0 radical (unpaired) electrons. The number of hydrogen-bond donors (Lipinski definition) is 1. The number of halogens is 1. The van der Waals surface area contributed by atoms with Crippen LogP contribution in [0.5, 0.6) is 0 Å². The van der Waals surface area contributed by atoms with Gasteiger partial charge in [-0.25, -0.2) is 0 Å². The van der Waals surface area contributed by atoms with Crippen LogP contribution >= 0.6 is 15.9 Å². The van der Waals surface area contributed by atoms with E-state index >= 15 is 0 Å². The lowest BCUT2D eigenvalue weighted by molar-refractivity contribution is 0.445. The summed E-state index contributed by atoms with van der Waals surface area (Å²) in [6, 6.07) is 7.03. The summed E-state index contributed by atoms with van der Waals surface area (Å²) in [4.78, 5) is 0. The van der Waals surface area contributed by atoms with E-state index in [1.165, 1.54) is 35.0 Å². The number of hydrogen-bond acceptors (Lipinski definition) is 1. The Labute approximate surface area is 87.7 Å². The minimum absolute atomic E-state index is 0.716. The first-order chi connectivity index (χ1) is 6.27. The lowest BCUT2D eigenvalue weighted by Gasteiger charge is -2.28. The number of anilines is 1. The summed E-state index contributed by atoms with van der Waals surface area (Å²) < 4.78 is 1.19. The Morgan fingerprint density at radius 1 is 1.38 bits per heavy atom. The van der Waals surface area contributed by atoms with Crippen LogP contribution in [0.15, 0.2) is 22.7 Å². The lowest BCUT2D eigenvalue weighted by atomic mass is 9.93. The fourth-order valence-electron chi connectivity index (χ4n) is 1.54. The fraction of sp³-hybridized carbons (Fsp3) is 0.455. The van der Waals surface area contributed by atoms with Crippen molar-refractivity contribution in [2.24, 2.45) is 0 Å². The van der Waals surface area contributed by atoms with E-state index in [4.69, 9.17) is 0 Å². The van der Waals surface area contributed by atoms with Gasteiger partial charge in [-0.2, -0.15) is 0 Å². The van der Waals surface area contributed by atoms with Crippen molar-refractivity contribution in [1.29, 1.82) is 0 Å². The molecule has 1 nitrogen and oxygen atoms in total.